The number of nitrogens with one attached hydrogen (secondary N) is 4. The average Bonchev–Trinajstić information content (AvgIpc) is 1.63. The van der Waals surface area contributed by atoms with Gasteiger partial charge >= 0.3 is 20.4 Å². The first kappa shape index (κ1) is 65.1. The zero-order valence-corrected chi connectivity index (χ0v) is 59.3. The molecule has 0 fully saturated rings. The molecule has 10 nitrogen and oxygen atoms in total. The van der Waals surface area contributed by atoms with Crippen LogP contribution in [-0.4, -0.2) is 49.8 Å². The molecule has 4 N–H and O–H groups in total. The van der Waals surface area contributed by atoms with Crippen LogP contribution in [0.3, 0.4) is 0 Å². The number of fused-ring (bicyclic) bond motifs is 16. The number of hydrogen-bond acceptors (Lipinski definition) is 6. The molecular formula is C92H70N10Pd+2. The number of H-pyrrole nitrogens is 4. The van der Waals surface area contributed by atoms with Crippen molar-refractivity contribution in [2.75, 3.05) is 0 Å². The summed E-state index contributed by atoms with van der Waals surface area (Å²) in [4.78, 5) is 45.4. The van der Waals surface area contributed by atoms with Gasteiger partial charge in [-0.25, -0.2) is 19.9 Å². The SMILES string of the molecule is Cc1ccc(-c2c3nc(c(-c4ccncc4)c4nc(c(-c5ccc(C)cc5)c5ccc([nH]5)c(-c5ccc(C)cc5)c5ccc2[nH]5)C=C4)C=C3)cc1.Cc1ccc(-c2c3nc(c(-c4ccncc4)c4nc(c(-c5ccc(C)cc5)c5ccc([nH]5)c(-c5ccc(C)cc5)c5ccc2[nH]5)C=C4)C=C3)cc1.[Pd+2]. The molecular weight excluding hydrogens is 1350 g/mol. The summed E-state index contributed by atoms with van der Waals surface area (Å²) in [6.45, 7) is 12.7. The smallest absolute Gasteiger partial charge is 0.354 e. The molecule has 4 aliphatic rings. The van der Waals surface area contributed by atoms with Crippen LogP contribution in [0.1, 0.15) is 78.9 Å². The summed E-state index contributed by atoms with van der Waals surface area (Å²) in [7, 11) is 0. The molecule has 12 heterocycles. The van der Waals surface area contributed by atoms with Gasteiger partial charge < -0.3 is 19.9 Å². The zero-order valence-electron chi connectivity index (χ0n) is 57.7. The van der Waals surface area contributed by atoms with Crippen molar-refractivity contribution in [2.45, 2.75) is 41.5 Å². The van der Waals surface area contributed by atoms with E-state index in [-0.39, 0.29) is 20.4 Å². The normalized spacial score (nSPS) is 11.9. The standard InChI is InChI=1S/2C46H35N5.Pd/c2*1-28-4-10-31(11-5-28)43-35-16-18-37(48-35)44(32-12-6-29(2)7-13-32)39-20-22-41(50-39)46(34-24-26-47-27-25-34)42-23-21-40(51-42)45(38-19-17-36(43)49-38)33-14-8-30(3)9-15-33;/h2*4-27,48-49H,1-3H3;/q;;+2. The Labute approximate surface area is 611 Å². The Kier molecular flexibility index (Phi) is 17.4. The van der Waals surface area contributed by atoms with Gasteiger partial charge in [0.15, 0.2) is 0 Å². The maximum atomic E-state index is 5.36. The molecule has 103 heavy (non-hydrogen) atoms. The van der Waals surface area contributed by atoms with Gasteiger partial charge in [0.2, 0.25) is 0 Å². The fraction of sp³-hybridized carbons (Fsp3) is 0.0652. The number of hydrogen-bond donors (Lipinski definition) is 4. The van der Waals surface area contributed by atoms with Gasteiger partial charge in [-0.15, -0.1) is 0 Å². The number of benzene rings is 6. The van der Waals surface area contributed by atoms with Crippen LogP contribution in [-0.2, 0) is 20.4 Å². The van der Waals surface area contributed by atoms with Crippen LogP contribution in [0.4, 0.5) is 0 Å². The molecule has 11 heteroatoms. The van der Waals surface area contributed by atoms with Gasteiger partial charge in [-0.3, -0.25) is 9.97 Å². The van der Waals surface area contributed by atoms with Crippen molar-refractivity contribution < 1.29 is 20.4 Å². The van der Waals surface area contributed by atoms with Crippen molar-refractivity contribution in [3.63, 3.8) is 0 Å². The summed E-state index contributed by atoms with van der Waals surface area (Å²) in [5.74, 6) is 0. The van der Waals surface area contributed by atoms with E-state index in [9.17, 15) is 0 Å². The predicted molar refractivity (Wildman–Crippen MR) is 425 cm³/mol. The second kappa shape index (κ2) is 27.5. The van der Waals surface area contributed by atoms with Gasteiger partial charge in [0.05, 0.1) is 45.6 Å². The molecule has 0 radical (unpaired) electrons. The summed E-state index contributed by atoms with van der Waals surface area (Å²) in [6, 6.07) is 77.8. The van der Waals surface area contributed by atoms with Crippen LogP contribution in [0.25, 0.3) is 182 Å². The number of rotatable bonds is 8. The quantitative estimate of drug-likeness (QED) is 0.112. The summed E-state index contributed by atoms with van der Waals surface area (Å²) in [5.41, 5.74) is 39.2. The third-order valence-corrected chi connectivity index (χ3v) is 19.5. The Balaban J connectivity index is 0.000000158. The fourth-order valence-electron chi connectivity index (χ4n) is 14.2. The molecule has 0 aliphatic carbocycles. The zero-order chi connectivity index (χ0) is 69.0. The maximum absolute atomic E-state index is 5.36. The van der Waals surface area contributed by atoms with Crippen LogP contribution in [0.2, 0.25) is 0 Å². The first-order valence-corrected chi connectivity index (χ1v) is 34.5. The number of pyridine rings is 2. The molecule has 0 unspecified atom stereocenters. The number of aromatic amines is 4. The minimum atomic E-state index is 0. The van der Waals surface area contributed by atoms with Crippen LogP contribution in [0, 0.1) is 41.5 Å². The van der Waals surface area contributed by atoms with E-state index in [1.165, 1.54) is 33.4 Å². The first-order valence-electron chi connectivity index (χ1n) is 34.5. The Bertz CT molecular complexity index is 5450. The predicted octanol–water partition coefficient (Wildman–Crippen LogP) is 23.3. The molecule has 0 saturated heterocycles. The van der Waals surface area contributed by atoms with Crippen LogP contribution in [0.5, 0.6) is 0 Å². The van der Waals surface area contributed by atoms with Crippen LogP contribution < -0.4 is 0 Å². The van der Waals surface area contributed by atoms with Gasteiger partial charge in [-0.1, -0.05) is 179 Å². The van der Waals surface area contributed by atoms with Crippen molar-refractivity contribution in [2.24, 2.45) is 0 Å². The second-order valence-corrected chi connectivity index (χ2v) is 26.7. The maximum Gasteiger partial charge on any atom is 2.00 e. The van der Waals surface area contributed by atoms with Crippen LogP contribution >= 0.6 is 0 Å². The van der Waals surface area contributed by atoms with E-state index >= 15 is 0 Å². The molecule has 6 aromatic carbocycles. The fourth-order valence-corrected chi connectivity index (χ4v) is 14.2. The molecule has 496 valence electrons. The Morgan fingerprint density at radius 1 is 0.175 bits per heavy atom. The molecule has 16 bridgehead atoms. The third-order valence-electron chi connectivity index (χ3n) is 19.5. The van der Waals surface area contributed by atoms with E-state index in [2.05, 4.69) is 314 Å². The molecule has 0 atom stereocenters. The minimum Gasteiger partial charge on any atom is -0.354 e. The van der Waals surface area contributed by atoms with Gasteiger partial charge in [0, 0.05) is 113 Å². The Morgan fingerprint density at radius 2 is 0.330 bits per heavy atom. The number of aromatic nitrogens is 10. The topological polar surface area (TPSA) is 140 Å². The average molecular weight is 1420 g/mol. The molecule has 0 spiro atoms. The summed E-state index contributed by atoms with van der Waals surface area (Å²) in [5, 5.41) is 0. The molecule has 4 aliphatic heterocycles. The molecule has 0 saturated carbocycles. The van der Waals surface area contributed by atoms with Gasteiger partial charge in [-0.2, -0.15) is 0 Å². The van der Waals surface area contributed by atoms with Gasteiger partial charge in [-0.05, 0) is 207 Å². The molecule has 0 amide bonds. The van der Waals surface area contributed by atoms with E-state index in [0.29, 0.717) is 0 Å². The monoisotopic (exact) mass is 1420 g/mol. The molecule has 18 rings (SSSR count). The second-order valence-electron chi connectivity index (χ2n) is 26.7. The van der Waals surface area contributed by atoms with E-state index < -0.39 is 0 Å². The Hall–Kier alpha value is -12.5. The van der Waals surface area contributed by atoms with E-state index in [4.69, 9.17) is 19.9 Å². The summed E-state index contributed by atoms with van der Waals surface area (Å²) in [6.07, 6.45) is 24.2. The molecule has 14 aromatic rings. The van der Waals surface area contributed by atoms with E-state index in [1.807, 2.05) is 49.1 Å². The van der Waals surface area contributed by atoms with Crippen molar-refractivity contribution in [3.05, 3.63) is 322 Å². The molecule has 8 aromatic heterocycles. The number of aryl methyl sites for hydroxylation is 6. The van der Waals surface area contributed by atoms with Crippen molar-refractivity contribution in [1.29, 1.82) is 0 Å². The number of nitrogens with zero attached hydrogens (tertiary/aromatic N) is 6. The van der Waals surface area contributed by atoms with Crippen molar-refractivity contribution in [3.8, 4) is 89.0 Å². The Morgan fingerprint density at radius 3 is 0.524 bits per heavy atom. The first-order chi connectivity index (χ1) is 50.0. The van der Waals surface area contributed by atoms with E-state index in [0.717, 1.165) is 179 Å². The largest absolute Gasteiger partial charge is 2.00 e. The van der Waals surface area contributed by atoms with Crippen LogP contribution in [0.15, 0.2) is 243 Å². The minimum absolute atomic E-state index is 0. The van der Waals surface area contributed by atoms with Crippen molar-refractivity contribution in [1.82, 2.24) is 49.8 Å². The van der Waals surface area contributed by atoms with Gasteiger partial charge in [0.1, 0.15) is 0 Å². The van der Waals surface area contributed by atoms with E-state index in [1.54, 1.807) is 0 Å². The summed E-state index contributed by atoms with van der Waals surface area (Å²) >= 11 is 0. The van der Waals surface area contributed by atoms with Crippen molar-refractivity contribution >= 4 is 92.7 Å². The van der Waals surface area contributed by atoms with Gasteiger partial charge in [0.25, 0.3) is 0 Å². The third kappa shape index (κ3) is 12.8. The summed E-state index contributed by atoms with van der Waals surface area (Å²) < 4.78 is 0.